The number of hydrogen-bond donors (Lipinski definition) is 2. The largest absolute Gasteiger partial charge is 0.487 e. The number of nitrogens with one attached hydrogen (secondary N) is 2. The van der Waals surface area contributed by atoms with Gasteiger partial charge in [-0.3, -0.25) is 4.79 Å². The zero-order valence-electron chi connectivity index (χ0n) is 11.0. The van der Waals surface area contributed by atoms with Crippen LogP contribution in [0.4, 0.5) is 5.69 Å². The quantitative estimate of drug-likeness (QED) is 0.805. The Labute approximate surface area is 121 Å². The highest BCUT2D eigenvalue weighted by atomic mass is 35.5. The smallest absolute Gasteiger partial charge is 0.272 e. The minimum atomic E-state index is -0.256. The summed E-state index contributed by atoms with van der Waals surface area (Å²) in [4.78, 5) is 14.8. The predicted molar refractivity (Wildman–Crippen MR) is 77.6 cm³/mol. The molecular formula is C14H15ClN2O3. The van der Waals surface area contributed by atoms with E-state index in [0.29, 0.717) is 35.4 Å². The van der Waals surface area contributed by atoms with E-state index in [9.17, 15) is 4.79 Å². The third kappa shape index (κ3) is 3.53. The van der Waals surface area contributed by atoms with Gasteiger partial charge in [0.2, 0.25) is 0 Å². The van der Waals surface area contributed by atoms with Gasteiger partial charge in [-0.1, -0.05) is 17.7 Å². The van der Waals surface area contributed by atoms with Crippen LogP contribution in [0.15, 0.2) is 36.5 Å². The Kier molecular flexibility index (Phi) is 5.03. The number of H-pyrrole nitrogens is 1. The lowest BCUT2D eigenvalue weighted by Gasteiger charge is -2.13. The molecule has 0 unspecified atom stereocenters. The number of anilines is 1. The van der Waals surface area contributed by atoms with E-state index in [4.69, 9.17) is 21.1 Å². The van der Waals surface area contributed by atoms with Crippen LogP contribution in [-0.4, -0.2) is 31.2 Å². The van der Waals surface area contributed by atoms with Crippen molar-refractivity contribution in [2.24, 2.45) is 0 Å². The second kappa shape index (κ2) is 6.98. The van der Waals surface area contributed by atoms with Crippen molar-refractivity contribution in [3.8, 4) is 5.75 Å². The Hall–Kier alpha value is -1.98. The number of carbonyl (C=O) groups excluding carboxylic acids is 1. The van der Waals surface area contributed by atoms with E-state index in [1.54, 1.807) is 43.6 Å². The van der Waals surface area contributed by atoms with Gasteiger partial charge in [0.1, 0.15) is 12.3 Å². The van der Waals surface area contributed by atoms with Crippen molar-refractivity contribution in [1.82, 2.24) is 4.98 Å². The number of hydrogen-bond acceptors (Lipinski definition) is 3. The number of amides is 1. The van der Waals surface area contributed by atoms with Gasteiger partial charge in [-0.25, -0.2) is 0 Å². The highest BCUT2D eigenvalue weighted by Crippen LogP contribution is 2.33. The average molecular weight is 295 g/mol. The molecule has 20 heavy (non-hydrogen) atoms. The Morgan fingerprint density at radius 2 is 2.15 bits per heavy atom. The number of para-hydroxylation sites is 1. The molecule has 0 bridgehead atoms. The fraction of sp³-hybridized carbons (Fsp3) is 0.214. The maximum Gasteiger partial charge on any atom is 0.272 e. The van der Waals surface area contributed by atoms with Crippen molar-refractivity contribution < 1.29 is 14.3 Å². The number of benzene rings is 1. The zero-order chi connectivity index (χ0) is 14.4. The van der Waals surface area contributed by atoms with Gasteiger partial charge in [0.15, 0.2) is 5.75 Å². The summed E-state index contributed by atoms with van der Waals surface area (Å²) >= 11 is 6.09. The normalized spacial score (nSPS) is 10.3. The predicted octanol–water partition coefficient (Wildman–Crippen LogP) is 2.95. The standard InChI is InChI=1S/C14H15ClN2O3/c1-19-8-9-20-13-10(15)4-2-5-11(13)17-14(18)12-6-3-7-16-12/h2-7,16H,8-9H2,1H3,(H,17,18). The lowest BCUT2D eigenvalue weighted by atomic mass is 10.2. The van der Waals surface area contributed by atoms with Gasteiger partial charge >= 0.3 is 0 Å². The Bertz CT molecular complexity index is 570. The summed E-state index contributed by atoms with van der Waals surface area (Å²) in [5.74, 6) is 0.181. The molecule has 1 heterocycles. The first-order chi connectivity index (χ1) is 9.72. The monoisotopic (exact) mass is 294 g/mol. The fourth-order valence-electron chi connectivity index (χ4n) is 1.64. The topological polar surface area (TPSA) is 63.4 Å². The second-order valence-electron chi connectivity index (χ2n) is 4.00. The lowest BCUT2D eigenvalue weighted by Crippen LogP contribution is -2.14. The number of carbonyl (C=O) groups is 1. The number of aromatic nitrogens is 1. The molecule has 5 nitrogen and oxygen atoms in total. The van der Waals surface area contributed by atoms with E-state index in [0.717, 1.165) is 0 Å². The van der Waals surface area contributed by atoms with Crippen molar-refractivity contribution in [2.45, 2.75) is 0 Å². The first kappa shape index (κ1) is 14.4. The van der Waals surface area contributed by atoms with E-state index in [1.165, 1.54) is 0 Å². The molecule has 0 aliphatic rings. The van der Waals surface area contributed by atoms with Crippen LogP contribution in [0.5, 0.6) is 5.75 Å². The van der Waals surface area contributed by atoms with Gasteiger partial charge in [0.25, 0.3) is 5.91 Å². The summed E-state index contributed by atoms with van der Waals surface area (Å²) in [7, 11) is 1.59. The molecule has 2 aromatic rings. The molecule has 1 aromatic carbocycles. The number of aromatic amines is 1. The van der Waals surface area contributed by atoms with Gasteiger partial charge < -0.3 is 19.8 Å². The summed E-state index contributed by atoms with van der Waals surface area (Å²) in [6.07, 6.45) is 1.68. The Balaban J connectivity index is 2.14. The third-order valence-electron chi connectivity index (χ3n) is 2.59. The number of methoxy groups -OCH3 is 1. The molecule has 2 rings (SSSR count). The molecule has 0 atom stereocenters. The van der Waals surface area contributed by atoms with E-state index in [1.807, 2.05) is 0 Å². The van der Waals surface area contributed by atoms with Crippen molar-refractivity contribution in [1.29, 1.82) is 0 Å². The molecule has 0 aliphatic carbocycles. The lowest BCUT2D eigenvalue weighted by molar-refractivity contribution is 0.102. The maximum absolute atomic E-state index is 12.0. The molecule has 1 aromatic heterocycles. The van der Waals surface area contributed by atoms with Crippen molar-refractivity contribution >= 4 is 23.2 Å². The zero-order valence-corrected chi connectivity index (χ0v) is 11.7. The molecule has 2 N–H and O–H groups in total. The van der Waals surface area contributed by atoms with Crippen LogP contribution >= 0.6 is 11.6 Å². The van der Waals surface area contributed by atoms with E-state index in [2.05, 4.69) is 10.3 Å². The van der Waals surface area contributed by atoms with Crippen molar-refractivity contribution in [3.05, 3.63) is 47.2 Å². The number of rotatable bonds is 6. The van der Waals surface area contributed by atoms with E-state index in [-0.39, 0.29) is 5.91 Å². The molecule has 0 fully saturated rings. The third-order valence-corrected chi connectivity index (χ3v) is 2.89. The molecule has 6 heteroatoms. The van der Waals surface area contributed by atoms with E-state index >= 15 is 0 Å². The fourth-order valence-corrected chi connectivity index (χ4v) is 1.87. The van der Waals surface area contributed by atoms with Gasteiger partial charge in [-0.15, -0.1) is 0 Å². The summed E-state index contributed by atoms with van der Waals surface area (Å²) < 4.78 is 10.5. The average Bonchev–Trinajstić information content (AvgIpc) is 2.96. The van der Waals surface area contributed by atoms with Crippen LogP contribution in [0, 0.1) is 0 Å². The molecule has 1 amide bonds. The second-order valence-corrected chi connectivity index (χ2v) is 4.40. The molecule has 106 valence electrons. The highest BCUT2D eigenvalue weighted by Gasteiger charge is 2.13. The summed E-state index contributed by atoms with van der Waals surface area (Å²) in [5, 5.41) is 3.20. The molecular weight excluding hydrogens is 280 g/mol. The highest BCUT2D eigenvalue weighted by molar-refractivity contribution is 6.32. The van der Waals surface area contributed by atoms with Gasteiger partial charge in [0, 0.05) is 13.3 Å². The number of ether oxygens (including phenoxy) is 2. The van der Waals surface area contributed by atoms with Crippen LogP contribution in [-0.2, 0) is 4.74 Å². The maximum atomic E-state index is 12.0. The van der Waals surface area contributed by atoms with Crippen LogP contribution in [0.3, 0.4) is 0 Å². The Morgan fingerprint density at radius 1 is 1.30 bits per heavy atom. The van der Waals surface area contributed by atoms with E-state index < -0.39 is 0 Å². The van der Waals surface area contributed by atoms with Gasteiger partial charge in [-0.2, -0.15) is 0 Å². The molecule has 0 aliphatic heterocycles. The first-order valence-corrected chi connectivity index (χ1v) is 6.45. The van der Waals surface area contributed by atoms with Crippen molar-refractivity contribution in [2.75, 3.05) is 25.6 Å². The van der Waals surface area contributed by atoms with Crippen molar-refractivity contribution in [3.63, 3.8) is 0 Å². The van der Waals surface area contributed by atoms with Crippen LogP contribution < -0.4 is 10.1 Å². The molecule has 0 spiro atoms. The van der Waals surface area contributed by atoms with Gasteiger partial charge in [0.05, 0.1) is 17.3 Å². The van der Waals surface area contributed by atoms with Crippen LogP contribution in [0.1, 0.15) is 10.5 Å². The molecule has 0 radical (unpaired) electrons. The SMILES string of the molecule is COCCOc1c(Cl)cccc1NC(=O)c1ccc[nH]1. The van der Waals surface area contributed by atoms with Gasteiger partial charge in [-0.05, 0) is 24.3 Å². The minimum Gasteiger partial charge on any atom is -0.487 e. The minimum absolute atomic E-state index is 0.256. The number of halogens is 1. The summed E-state index contributed by atoms with van der Waals surface area (Å²) in [6.45, 7) is 0.793. The summed E-state index contributed by atoms with van der Waals surface area (Å²) in [6, 6.07) is 8.62. The first-order valence-electron chi connectivity index (χ1n) is 6.07. The summed E-state index contributed by atoms with van der Waals surface area (Å²) in [5.41, 5.74) is 0.987. The van der Waals surface area contributed by atoms with Crippen LogP contribution in [0.2, 0.25) is 5.02 Å². The molecule has 0 saturated carbocycles. The molecule has 0 saturated heterocycles. The van der Waals surface area contributed by atoms with Crippen LogP contribution in [0.25, 0.3) is 0 Å². The Morgan fingerprint density at radius 3 is 2.85 bits per heavy atom.